The lowest BCUT2D eigenvalue weighted by Gasteiger charge is -2.24. The van der Waals surface area contributed by atoms with E-state index in [1.165, 1.54) is 12.1 Å². The van der Waals surface area contributed by atoms with Gasteiger partial charge in [0.2, 0.25) is 0 Å². The van der Waals surface area contributed by atoms with Gasteiger partial charge in [-0.2, -0.15) is 0 Å². The third kappa shape index (κ3) is 1.88. The van der Waals surface area contributed by atoms with Crippen molar-refractivity contribution in [2.24, 2.45) is 5.92 Å². The minimum atomic E-state index is -0.842. The molecule has 1 N–H and O–H groups in total. The molecular formula is C15H16FNO3. The molecule has 3 atom stereocenters. The molecule has 2 aliphatic heterocycles. The molecule has 0 spiro atoms. The van der Waals surface area contributed by atoms with Crippen LogP contribution in [0.2, 0.25) is 0 Å². The number of nitrogens with zero attached hydrogens (tertiary/aromatic N) is 1. The molecule has 1 aromatic carbocycles. The fraction of sp³-hybridized carbons (Fsp3) is 0.467. The van der Waals surface area contributed by atoms with E-state index in [0.717, 1.165) is 18.4 Å². The van der Waals surface area contributed by atoms with Crippen LogP contribution in [0.1, 0.15) is 35.2 Å². The molecule has 2 heterocycles. The molecule has 1 aromatic rings. The van der Waals surface area contributed by atoms with Gasteiger partial charge < -0.3 is 10.0 Å². The second kappa shape index (κ2) is 4.58. The maximum absolute atomic E-state index is 13.3. The molecule has 0 radical (unpaired) electrons. The number of hydrogen-bond donors (Lipinski definition) is 1. The van der Waals surface area contributed by atoms with Crippen molar-refractivity contribution in [3.05, 3.63) is 35.1 Å². The fourth-order valence-corrected chi connectivity index (χ4v) is 3.53. The summed E-state index contributed by atoms with van der Waals surface area (Å²) in [6.07, 6.45) is 2.08. The molecule has 2 bridgehead atoms. The largest absolute Gasteiger partial charge is 0.481 e. The number of carbonyl (C=O) groups is 2. The number of carboxylic acids is 1. The van der Waals surface area contributed by atoms with Crippen LogP contribution < -0.4 is 0 Å². The van der Waals surface area contributed by atoms with Crippen LogP contribution in [0.3, 0.4) is 0 Å². The minimum Gasteiger partial charge on any atom is -0.481 e. The average molecular weight is 277 g/mol. The molecule has 3 unspecified atom stereocenters. The van der Waals surface area contributed by atoms with Gasteiger partial charge in [-0.1, -0.05) is 6.07 Å². The molecule has 4 nitrogen and oxygen atoms in total. The second-order valence-corrected chi connectivity index (χ2v) is 5.65. The van der Waals surface area contributed by atoms with Crippen LogP contribution in [-0.2, 0) is 4.79 Å². The van der Waals surface area contributed by atoms with Crippen molar-refractivity contribution in [2.75, 3.05) is 0 Å². The van der Waals surface area contributed by atoms with E-state index >= 15 is 0 Å². The zero-order valence-electron chi connectivity index (χ0n) is 11.2. The van der Waals surface area contributed by atoms with Gasteiger partial charge >= 0.3 is 5.97 Å². The molecule has 2 fully saturated rings. The Hall–Kier alpha value is -1.91. The normalized spacial score (nSPS) is 27.9. The Morgan fingerprint density at radius 3 is 2.75 bits per heavy atom. The molecule has 0 saturated carbocycles. The number of amides is 1. The van der Waals surface area contributed by atoms with Gasteiger partial charge in [0.05, 0.1) is 5.92 Å². The Morgan fingerprint density at radius 2 is 2.10 bits per heavy atom. The highest BCUT2D eigenvalue weighted by Gasteiger charge is 2.51. The lowest BCUT2D eigenvalue weighted by molar-refractivity contribution is -0.142. The van der Waals surface area contributed by atoms with E-state index < -0.39 is 17.7 Å². The summed E-state index contributed by atoms with van der Waals surface area (Å²) in [6.45, 7) is 1.76. The van der Waals surface area contributed by atoms with Crippen LogP contribution in [0.25, 0.3) is 0 Å². The van der Waals surface area contributed by atoms with E-state index in [2.05, 4.69) is 0 Å². The van der Waals surface area contributed by atoms with E-state index in [-0.39, 0.29) is 18.0 Å². The zero-order chi connectivity index (χ0) is 14.4. The van der Waals surface area contributed by atoms with Gasteiger partial charge in [0.1, 0.15) is 5.82 Å². The van der Waals surface area contributed by atoms with Crippen LogP contribution in [0, 0.1) is 18.7 Å². The number of fused-ring (bicyclic) bond motifs is 2. The minimum absolute atomic E-state index is 0.0173. The van der Waals surface area contributed by atoms with Gasteiger partial charge in [-0.25, -0.2) is 4.39 Å². The Morgan fingerprint density at radius 1 is 1.35 bits per heavy atom. The Labute approximate surface area is 116 Å². The number of carbonyl (C=O) groups excluding carboxylic acids is 1. The summed E-state index contributed by atoms with van der Waals surface area (Å²) in [5.41, 5.74) is 1.06. The first kappa shape index (κ1) is 13.1. The van der Waals surface area contributed by atoms with Crippen LogP contribution in [0.4, 0.5) is 4.39 Å². The van der Waals surface area contributed by atoms with Gasteiger partial charge in [0, 0.05) is 17.6 Å². The van der Waals surface area contributed by atoms with Crippen molar-refractivity contribution in [2.45, 2.75) is 38.3 Å². The van der Waals surface area contributed by atoms with Gasteiger partial charge in [-0.3, -0.25) is 9.59 Å². The third-order valence-corrected chi connectivity index (χ3v) is 4.52. The molecule has 0 aromatic heterocycles. The van der Waals surface area contributed by atoms with Gasteiger partial charge in [0.15, 0.2) is 0 Å². The molecule has 106 valence electrons. The highest BCUT2D eigenvalue weighted by Crippen LogP contribution is 2.42. The maximum atomic E-state index is 13.3. The monoisotopic (exact) mass is 277 g/mol. The zero-order valence-corrected chi connectivity index (χ0v) is 11.2. The summed E-state index contributed by atoms with van der Waals surface area (Å²) in [5.74, 6) is -2.00. The Kier molecular flexibility index (Phi) is 3.00. The number of hydrogen-bond acceptors (Lipinski definition) is 2. The highest BCUT2D eigenvalue weighted by atomic mass is 19.1. The Balaban J connectivity index is 1.92. The standard InChI is InChI=1S/C15H16FNO3/c1-8-2-3-9(16)6-11(8)14(18)17-10-4-5-13(17)12(7-10)15(19)20/h2-3,6,10,12-13H,4-5,7H2,1H3,(H,19,20). The van der Waals surface area contributed by atoms with E-state index in [1.54, 1.807) is 17.9 Å². The first-order chi connectivity index (χ1) is 9.49. The van der Waals surface area contributed by atoms with Crippen molar-refractivity contribution in [3.63, 3.8) is 0 Å². The number of aliphatic carboxylic acids is 1. The SMILES string of the molecule is Cc1ccc(F)cc1C(=O)N1C2CCC1C(C(=O)O)C2. The summed E-state index contributed by atoms with van der Waals surface area (Å²) >= 11 is 0. The molecule has 20 heavy (non-hydrogen) atoms. The van der Waals surface area contributed by atoms with Crippen molar-refractivity contribution < 1.29 is 19.1 Å². The highest BCUT2D eigenvalue weighted by molar-refractivity contribution is 5.97. The van der Waals surface area contributed by atoms with Gasteiger partial charge in [-0.05, 0) is 43.9 Å². The number of carboxylic acid groups (broad SMARTS) is 1. The topological polar surface area (TPSA) is 57.6 Å². The van der Waals surface area contributed by atoms with Crippen LogP contribution >= 0.6 is 0 Å². The summed E-state index contributed by atoms with van der Waals surface area (Å²) in [4.78, 5) is 25.5. The molecule has 1 amide bonds. The first-order valence-corrected chi connectivity index (χ1v) is 6.80. The predicted molar refractivity (Wildman–Crippen MR) is 69.9 cm³/mol. The number of halogens is 1. The number of aryl methyl sites for hydroxylation is 1. The van der Waals surface area contributed by atoms with Gasteiger partial charge in [0.25, 0.3) is 5.91 Å². The molecule has 0 aliphatic carbocycles. The van der Waals surface area contributed by atoms with E-state index in [9.17, 15) is 19.1 Å². The number of benzene rings is 1. The number of rotatable bonds is 2. The van der Waals surface area contributed by atoms with Gasteiger partial charge in [-0.15, -0.1) is 0 Å². The fourth-order valence-electron chi connectivity index (χ4n) is 3.53. The lowest BCUT2D eigenvalue weighted by Crippen LogP contribution is -2.38. The molecule has 2 aliphatic rings. The first-order valence-electron chi connectivity index (χ1n) is 6.80. The van der Waals surface area contributed by atoms with Crippen molar-refractivity contribution in [1.29, 1.82) is 0 Å². The maximum Gasteiger partial charge on any atom is 0.308 e. The van der Waals surface area contributed by atoms with Crippen molar-refractivity contribution in [3.8, 4) is 0 Å². The lowest BCUT2D eigenvalue weighted by atomic mass is 9.89. The third-order valence-electron chi connectivity index (χ3n) is 4.52. The van der Waals surface area contributed by atoms with Crippen LogP contribution in [0.15, 0.2) is 18.2 Å². The smallest absolute Gasteiger partial charge is 0.308 e. The van der Waals surface area contributed by atoms with Crippen LogP contribution in [0.5, 0.6) is 0 Å². The Bertz CT molecular complexity index is 586. The van der Waals surface area contributed by atoms with Crippen LogP contribution in [-0.4, -0.2) is 34.0 Å². The average Bonchev–Trinajstić information content (AvgIpc) is 2.98. The molecule has 5 heteroatoms. The van der Waals surface area contributed by atoms with Crippen molar-refractivity contribution in [1.82, 2.24) is 4.90 Å². The summed E-state index contributed by atoms with van der Waals surface area (Å²) < 4.78 is 13.3. The second-order valence-electron chi connectivity index (χ2n) is 5.65. The van der Waals surface area contributed by atoms with E-state index in [1.807, 2.05) is 0 Å². The van der Waals surface area contributed by atoms with Crippen molar-refractivity contribution >= 4 is 11.9 Å². The predicted octanol–water partition coefficient (Wildman–Crippen LogP) is 2.21. The summed E-state index contributed by atoms with van der Waals surface area (Å²) in [5, 5.41) is 9.21. The quantitative estimate of drug-likeness (QED) is 0.901. The molecule has 2 saturated heterocycles. The van der Waals surface area contributed by atoms with E-state index in [0.29, 0.717) is 12.0 Å². The molecule has 3 rings (SSSR count). The molecular weight excluding hydrogens is 261 g/mol. The van der Waals surface area contributed by atoms with E-state index in [4.69, 9.17) is 0 Å². The summed E-state index contributed by atoms with van der Waals surface area (Å²) in [6, 6.07) is 3.88. The summed E-state index contributed by atoms with van der Waals surface area (Å²) in [7, 11) is 0.